The summed E-state index contributed by atoms with van der Waals surface area (Å²) in [5, 5.41) is 11.3. The predicted molar refractivity (Wildman–Crippen MR) is 80.7 cm³/mol. The van der Waals surface area contributed by atoms with Crippen molar-refractivity contribution >= 4 is 23.0 Å². The minimum absolute atomic E-state index is 0.294. The van der Waals surface area contributed by atoms with Gasteiger partial charge in [0.15, 0.2) is 5.82 Å². The van der Waals surface area contributed by atoms with Crippen LogP contribution in [0, 0.1) is 27.7 Å². The van der Waals surface area contributed by atoms with Crippen LogP contribution in [0.4, 0.5) is 5.82 Å². The van der Waals surface area contributed by atoms with E-state index in [2.05, 4.69) is 20.5 Å². The van der Waals surface area contributed by atoms with Gasteiger partial charge in [-0.15, -0.1) is 5.10 Å². The molecule has 0 aliphatic rings. The molecule has 2 heterocycles. The number of aromatic nitrogens is 3. The Balaban J connectivity index is 2.25. The van der Waals surface area contributed by atoms with Gasteiger partial charge in [0.2, 0.25) is 5.89 Å². The fourth-order valence-electron chi connectivity index (χ4n) is 1.81. The molecule has 0 unspecified atom stereocenters. The lowest BCUT2D eigenvalue weighted by Gasteiger charge is -2.12. The van der Waals surface area contributed by atoms with E-state index in [4.69, 9.17) is 22.4 Å². The van der Waals surface area contributed by atoms with E-state index in [1.165, 1.54) is 0 Å². The second-order valence-corrected chi connectivity index (χ2v) is 5.04. The molecule has 0 saturated heterocycles. The lowest BCUT2D eigenvalue weighted by molar-refractivity contribution is 0.478. The van der Waals surface area contributed by atoms with Crippen LogP contribution in [0.2, 0.25) is 0 Å². The zero-order chi connectivity index (χ0) is 14.9. The van der Waals surface area contributed by atoms with Gasteiger partial charge in [-0.05, 0) is 33.3 Å². The quantitative estimate of drug-likeness (QED) is 0.832. The van der Waals surface area contributed by atoms with Crippen LogP contribution in [0.3, 0.4) is 0 Å². The van der Waals surface area contributed by atoms with Crippen LogP contribution < -0.4 is 11.1 Å². The van der Waals surface area contributed by atoms with Gasteiger partial charge in [0.05, 0.1) is 23.5 Å². The molecule has 0 aliphatic heterocycles. The summed E-state index contributed by atoms with van der Waals surface area (Å²) in [5.41, 5.74) is 9.09. The first-order chi connectivity index (χ1) is 9.40. The summed E-state index contributed by atoms with van der Waals surface area (Å²) in [6.07, 6.45) is 0. The molecular formula is C13H17N5OS. The van der Waals surface area contributed by atoms with E-state index < -0.39 is 0 Å². The third-order valence-electron chi connectivity index (χ3n) is 3.18. The highest BCUT2D eigenvalue weighted by molar-refractivity contribution is 7.80. The maximum Gasteiger partial charge on any atom is 0.213 e. The van der Waals surface area contributed by atoms with Gasteiger partial charge in [-0.2, -0.15) is 5.10 Å². The number of thiocarbonyl (C=S) groups is 1. The van der Waals surface area contributed by atoms with Gasteiger partial charge < -0.3 is 15.5 Å². The van der Waals surface area contributed by atoms with Gasteiger partial charge in [-0.3, -0.25) is 0 Å². The Bertz CT molecular complexity index is 646. The number of nitrogens with zero attached hydrogens (tertiary/aromatic N) is 3. The van der Waals surface area contributed by atoms with Crippen molar-refractivity contribution in [2.45, 2.75) is 34.2 Å². The molecule has 0 saturated carbocycles. The Morgan fingerprint density at radius 1 is 1.20 bits per heavy atom. The molecule has 0 atom stereocenters. The smallest absolute Gasteiger partial charge is 0.213 e. The predicted octanol–water partition coefficient (Wildman–Crippen LogP) is 1.94. The van der Waals surface area contributed by atoms with Crippen LogP contribution in [0.1, 0.15) is 34.2 Å². The van der Waals surface area contributed by atoms with Crippen LogP contribution in [0.5, 0.6) is 0 Å². The molecule has 6 nitrogen and oxygen atoms in total. The SMILES string of the molecule is Cc1nc(CNc2nnc(C)c(C)c2C(N)=S)oc1C. The average molecular weight is 291 g/mol. The first kappa shape index (κ1) is 14.4. The highest BCUT2D eigenvalue weighted by Gasteiger charge is 2.14. The molecule has 2 aromatic rings. The Morgan fingerprint density at radius 2 is 1.90 bits per heavy atom. The fourth-order valence-corrected chi connectivity index (χ4v) is 2.06. The molecule has 0 fully saturated rings. The normalized spacial score (nSPS) is 10.6. The minimum Gasteiger partial charge on any atom is -0.444 e. The van der Waals surface area contributed by atoms with Gasteiger partial charge in [-0.25, -0.2) is 4.98 Å². The number of nitrogens with one attached hydrogen (secondary N) is 1. The van der Waals surface area contributed by atoms with Crippen molar-refractivity contribution in [3.8, 4) is 0 Å². The van der Waals surface area contributed by atoms with E-state index in [1.54, 1.807) is 0 Å². The molecule has 0 aromatic carbocycles. The van der Waals surface area contributed by atoms with Crippen LogP contribution in [-0.2, 0) is 6.54 Å². The van der Waals surface area contributed by atoms with Gasteiger partial charge in [-0.1, -0.05) is 12.2 Å². The van der Waals surface area contributed by atoms with E-state index in [1.807, 2.05) is 27.7 Å². The summed E-state index contributed by atoms with van der Waals surface area (Å²) >= 11 is 5.08. The van der Waals surface area contributed by atoms with Crippen LogP contribution in [0.25, 0.3) is 0 Å². The summed E-state index contributed by atoms with van der Waals surface area (Å²) in [6, 6.07) is 0. The Labute approximate surface area is 122 Å². The van der Waals surface area contributed by atoms with Crippen LogP contribution >= 0.6 is 12.2 Å². The lowest BCUT2D eigenvalue weighted by Crippen LogP contribution is -2.18. The van der Waals surface area contributed by atoms with Crippen molar-refractivity contribution in [2.75, 3.05) is 5.32 Å². The zero-order valence-electron chi connectivity index (χ0n) is 11.9. The highest BCUT2D eigenvalue weighted by Crippen LogP contribution is 2.19. The molecule has 2 rings (SSSR count). The van der Waals surface area contributed by atoms with Crippen molar-refractivity contribution in [1.29, 1.82) is 0 Å². The summed E-state index contributed by atoms with van der Waals surface area (Å²) in [7, 11) is 0. The van der Waals surface area contributed by atoms with E-state index in [0.717, 1.165) is 22.7 Å². The lowest BCUT2D eigenvalue weighted by atomic mass is 10.1. The third-order valence-corrected chi connectivity index (χ3v) is 3.38. The van der Waals surface area contributed by atoms with Crippen molar-refractivity contribution in [3.05, 3.63) is 34.2 Å². The van der Waals surface area contributed by atoms with Gasteiger partial charge in [0.25, 0.3) is 0 Å². The fraction of sp³-hybridized carbons (Fsp3) is 0.385. The Hall–Kier alpha value is -2.02. The molecule has 0 spiro atoms. The van der Waals surface area contributed by atoms with Crippen LogP contribution in [0.15, 0.2) is 4.42 Å². The number of rotatable bonds is 4. The number of nitrogens with two attached hydrogens (primary N) is 1. The first-order valence-corrected chi connectivity index (χ1v) is 6.61. The number of hydrogen-bond donors (Lipinski definition) is 2. The van der Waals surface area contributed by atoms with E-state index in [0.29, 0.717) is 28.8 Å². The highest BCUT2D eigenvalue weighted by atomic mass is 32.1. The van der Waals surface area contributed by atoms with E-state index >= 15 is 0 Å². The molecule has 20 heavy (non-hydrogen) atoms. The Morgan fingerprint density at radius 3 is 2.45 bits per heavy atom. The largest absolute Gasteiger partial charge is 0.444 e. The average Bonchev–Trinajstić information content (AvgIpc) is 2.69. The van der Waals surface area contributed by atoms with E-state index in [9.17, 15) is 0 Å². The first-order valence-electron chi connectivity index (χ1n) is 6.20. The van der Waals surface area contributed by atoms with Gasteiger partial charge in [0.1, 0.15) is 10.7 Å². The molecule has 2 aromatic heterocycles. The molecule has 106 valence electrons. The van der Waals surface area contributed by atoms with Crippen LogP contribution in [-0.4, -0.2) is 20.2 Å². The summed E-state index contributed by atoms with van der Waals surface area (Å²) in [6.45, 7) is 7.97. The number of anilines is 1. The summed E-state index contributed by atoms with van der Waals surface area (Å²) in [4.78, 5) is 4.59. The number of aryl methyl sites for hydroxylation is 3. The van der Waals surface area contributed by atoms with Crippen molar-refractivity contribution in [2.24, 2.45) is 5.73 Å². The topological polar surface area (TPSA) is 89.9 Å². The molecule has 0 aliphatic carbocycles. The molecule has 0 amide bonds. The van der Waals surface area contributed by atoms with Crippen molar-refractivity contribution in [1.82, 2.24) is 15.2 Å². The van der Waals surface area contributed by atoms with Gasteiger partial charge in [0, 0.05) is 0 Å². The van der Waals surface area contributed by atoms with E-state index in [-0.39, 0.29) is 0 Å². The maximum absolute atomic E-state index is 5.77. The van der Waals surface area contributed by atoms with Crippen molar-refractivity contribution < 1.29 is 4.42 Å². The molecule has 0 radical (unpaired) electrons. The molecule has 0 bridgehead atoms. The van der Waals surface area contributed by atoms with Crippen molar-refractivity contribution in [3.63, 3.8) is 0 Å². The number of oxazole rings is 1. The van der Waals surface area contributed by atoms with Gasteiger partial charge >= 0.3 is 0 Å². The minimum atomic E-state index is 0.294. The summed E-state index contributed by atoms with van der Waals surface area (Å²) in [5.74, 6) is 1.95. The Kier molecular flexibility index (Phi) is 3.99. The maximum atomic E-state index is 5.77. The second kappa shape index (κ2) is 5.54. The molecule has 3 N–H and O–H groups in total. The standard InChI is InChI=1S/C13H17N5OS/c1-6-7(2)17-18-13(11(6)12(14)20)15-5-10-16-8(3)9(4)19-10/h5H2,1-4H3,(H2,14,20)(H,15,18). The second-order valence-electron chi connectivity index (χ2n) is 4.60. The molecular weight excluding hydrogens is 274 g/mol. The third kappa shape index (κ3) is 2.77. The number of hydrogen-bond acceptors (Lipinski definition) is 6. The monoisotopic (exact) mass is 291 g/mol. The summed E-state index contributed by atoms with van der Waals surface area (Å²) < 4.78 is 5.50. The molecule has 7 heteroatoms. The zero-order valence-corrected chi connectivity index (χ0v) is 12.8.